The van der Waals surface area contributed by atoms with Crippen LogP contribution in [0, 0.1) is 3.57 Å². The summed E-state index contributed by atoms with van der Waals surface area (Å²) in [5.74, 6) is 0.817. The van der Waals surface area contributed by atoms with Crippen LogP contribution in [0.15, 0.2) is 36.7 Å². The SMILES string of the molecule is Nc1cccc(N2CCN(c3ncc(I)cn3)CC2)c1. The van der Waals surface area contributed by atoms with Crippen LogP contribution < -0.4 is 15.5 Å². The minimum atomic E-state index is 0.811. The first-order valence-corrected chi connectivity index (χ1v) is 7.63. The van der Waals surface area contributed by atoms with Crippen LogP contribution in [-0.4, -0.2) is 36.1 Å². The largest absolute Gasteiger partial charge is 0.399 e. The number of anilines is 3. The van der Waals surface area contributed by atoms with E-state index in [-0.39, 0.29) is 0 Å². The van der Waals surface area contributed by atoms with Crippen molar-refractivity contribution in [2.24, 2.45) is 0 Å². The third-order valence-electron chi connectivity index (χ3n) is 3.40. The summed E-state index contributed by atoms with van der Waals surface area (Å²) < 4.78 is 1.06. The molecule has 0 amide bonds. The molecule has 0 spiro atoms. The quantitative estimate of drug-likeness (QED) is 0.637. The van der Waals surface area contributed by atoms with Gasteiger partial charge < -0.3 is 15.5 Å². The van der Waals surface area contributed by atoms with Crippen LogP contribution in [0.1, 0.15) is 0 Å². The van der Waals surface area contributed by atoms with Gasteiger partial charge in [0.15, 0.2) is 0 Å². The van der Waals surface area contributed by atoms with Gasteiger partial charge in [-0.15, -0.1) is 0 Å². The fraction of sp³-hybridized carbons (Fsp3) is 0.286. The van der Waals surface area contributed by atoms with Crippen LogP contribution in [0.3, 0.4) is 0 Å². The predicted octanol–water partition coefficient (Wildman–Crippen LogP) is 1.99. The molecule has 0 saturated carbocycles. The molecule has 1 aromatic heterocycles. The van der Waals surface area contributed by atoms with Crippen LogP contribution >= 0.6 is 22.6 Å². The van der Waals surface area contributed by atoms with Crippen molar-refractivity contribution >= 4 is 39.9 Å². The monoisotopic (exact) mass is 381 g/mol. The molecule has 104 valence electrons. The molecule has 0 unspecified atom stereocenters. The molecule has 1 fully saturated rings. The van der Waals surface area contributed by atoms with E-state index in [1.165, 1.54) is 5.69 Å². The molecule has 2 N–H and O–H groups in total. The minimum absolute atomic E-state index is 0.811. The van der Waals surface area contributed by atoms with E-state index in [1.54, 1.807) is 0 Å². The van der Waals surface area contributed by atoms with Gasteiger partial charge in [-0.3, -0.25) is 0 Å². The third kappa shape index (κ3) is 2.95. The Morgan fingerprint density at radius 3 is 2.30 bits per heavy atom. The van der Waals surface area contributed by atoms with Crippen molar-refractivity contribution in [2.75, 3.05) is 41.7 Å². The maximum absolute atomic E-state index is 5.84. The molecule has 2 heterocycles. The third-order valence-corrected chi connectivity index (χ3v) is 3.96. The number of rotatable bonds is 2. The van der Waals surface area contributed by atoms with Gasteiger partial charge in [0.1, 0.15) is 0 Å². The lowest BCUT2D eigenvalue weighted by molar-refractivity contribution is 0.640. The maximum atomic E-state index is 5.84. The molecule has 5 nitrogen and oxygen atoms in total. The van der Waals surface area contributed by atoms with Crippen molar-refractivity contribution in [2.45, 2.75) is 0 Å². The van der Waals surface area contributed by atoms with Gasteiger partial charge in [0.2, 0.25) is 5.95 Å². The van der Waals surface area contributed by atoms with Crippen molar-refractivity contribution < 1.29 is 0 Å². The van der Waals surface area contributed by atoms with E-state index in [0.29, 0.717) is 0 Å². The first-order chi connectivity index (χ1) is 9.72. The number of nitrogen functional groups attached to an aromatic ring is 1. The van der Waals surface area contributed by atoms with Gasteiger partial charge in [-0.1, -0.05) is 6.07 Å². The Kier molecular flexibility index (Phi) is 3.90. The van der Waals surface area contributed by atoms with E-state index < -0.39 is 0 Å². The molecule has 0 atom stereocenters. The number of benzene rings is 1. The minimum Gasteiger partial charge on any atom is -0.399 e. The van der Waals surface area contributed by atoms with Crippen molar-refractivity contribution in [1.82, 2.24) is 9.97 Å². The number of nitrogens with zero attached hydrogens (tertiary/aromatic N) is 4. The van der Waals surface area contributed by atoms with Gasteiger partial charge in [-0.05, 0) is 40.8 Å². The predicted molar refractivity (Wildman–Crippen MR) is 90.0 cm³/mol. The van der Waals surface area contributed by atoms with Crippen molar-refractivity contribution in [3.05, 3.63) is 40.2 Å². The molecule has 20 heavy (non-hydrogen) atoms. The Balaban J connectivity index is 1.66. The van der Waals surface area contributed by atoms with Gasteiger partial charge in [0.25, 0.3) is 0 Å². The number of aromatic nitrogens is 2. The molecule has 1 aliphatic heterocycles. The highest BCUT2D eigenvalue weighted by molar-refractivity contribution is 14.1. The average Bonchev–Trinajstić information content (AvgIpc) is 2.48. The average molecular weight is 381 g/mol. The van der Waals surface area contributed by atoms with E-state index in [9.17, 15) is 0 Å². The second kappa shape index (κ2) is 5.82. The molecule has 0 aliphatic carbocycles. The van der Waals surface area contributed by atoms with Crippen molar-refractivity contribution in [1.29, 1.82) is 0 Å². The van der Waals surface area contributed by atoms with Crippen LogP contribution in [0.25, 0.3) is 0 Å². The normalized spacial score (nSPS) is 15.4. The summed E-state index contributed by atoms with van der Waals surface area (Å²) in [5.41, 5.74) is 7.84. The van der Waals surface area contributed by atoms with Gasteiger partial charge in [0.05, 0.1) is 0 Å². The van der Waals surface area contributed by atoms with Crippen LogP contribution in [0.4, 0.5) is 17.3 Å². The smallest absolute Gasteiger partial charge is 0.225 e. The van der Waals surface area contributed by atoms with Crippen molar-refractivity contribution in [3.63, 3.8) is 0 Å². The molecule has 1 aromatic carbocycles. The molecule has 6 heteroatoms. The summed E-state index contributed by atoms with van der Waals surface area (Å²) in [7, 11) is 0. The van der Waals surface area contributed by atoms with Gasteiger partial charge >= 0.3 is 0 Å². The van der Waals surface area contributed by atoms with Crippen LogP contribution in [0.5, 0.6) is 0 Å². The van der Waals surface area contributed by atoms with E-state index in [1.807, 2.05) is 30.6 Å². The summed E-state index contributed by atoms with van der Waals surface area (Å²) in [4.78, 5) is 13.3. The number of hydrogen-bond donors (Lipinski definition) is 1. The fourth-order valence-corrected chi connectivity index (χ4v) is 2.63. The molecule has 0 bridgehead atoms. The number of halogens is 1. The highest BCUT2D eigenvalue weighted by atomic mass is 127. The fourth-order valence-electron chi connectivity index (χ4n) is 2.35. The zero-order chi connectivity index (χ0) is 13.9. The topological polar surface area (TPSA) is 58.3 Å². The van der Waals surface area contributed by atoms with Gasteiger partial charge in [-0.2, -0.15) is 0 Å². The van der Waals surface area contributed by atoms with E-state index in [0.717, 1.165) is 41.4 Å². The van der Waals surface area contributed by atoms with Gasteiger partial charge in [-0.25, -0.2) is 9.97 Å². The van der Waals surface area contributed by atoms with E-state index >= 15 is 0 Å². The Labute approximate surface area is 132 Å². The molecule has 1 saturated heterocycles. The summed E-state index contributed by atoms with van der Waals surface area (Å²) in [6.45, 7) is 3.77. The first kappa shape index (κ1) is 13.4. The zero-order valence-corrected chi connectivity index (χ0v) is 13.2. The highest BCUT2D eigenvalue weighted by Crippen LogP contribution is 2.20. The standard InChI is InChI=1S/C14H16IN5/c15-11-9-17-14(18-10-11)20-6-4-19(5-7-20)13-3-1-2-12(16)8-13/h1-3,8-10H,4-7,16H2. The number of nitrogens with two attached hydrogens (primary N) is 1. The Morgan fingerprint density at radius 1 is 1.00 bits per heavy atom. The Hall–Kier alpha value is -1.57. The Bertz CT molecular complexity index is 578. The van der Waals surface area contributed by atoms with E-state index in [2.05, 4.69) is 48.4 Å². The summed E-state index contributed by atoms with van der Waals surface area (Å²) >= 11 is 2.22. The molecule has 2 aromatic rings. The highest BCUT2D eigenvalue weighted by Gasteiger charge is 2.19. The molecular formula is C14H16IN5. The van der Waals surface area contributed by atoms with Crippen molar-refractivity contribution in [3.8, 4) is 0 Å². The lowest BCUT2D eigenvalue weighted by atomic mass is 10.2. The molecule has 3 rings (SSSR count). The lowest BCUT2D eigenvalue weighted by Gasteiger charge is -2.36. The molecule has 1 aliphatic rings. The summed E-state index contributed by atoms with van der Waals surface area (Å²) in [6.07, 6.45) is 3.71. The summed E-state index contributed by atoms with van der Waals surface area (Å²) in [5, 5.41) is 0. The van der Waals surface area contributed by atoms with Crippen LogP contribution in [0.2, 0.25) is 0 Å². The first-order valence-electron chi connectivity index (χ1n) is 6.55. The van der Waals surface area contributed by atoms with Gasteiger partial charge in [0, 0.05) is 53.5 Å². The lowest BCUT2D eigenvalue weighted by Crippen LogP contribution is -2.47. The Morgan fingerprint density at radius 2 is 1.65 bits per heavy atom. The maximum Gasteiger partial charge on any atom is 0.225 e. The molecular weight excluding hydrogens is 365 g/mol. The second-order valence-corrected chi connectivity index (χ2v) is 6.02. The zero-order valence-electron chi connectivity index (χ0n) is 11.0. The van der Waals surface area contributed by atoms with Crippen LogP contribution in [-0.2, 0) is 0 Å². The van der Waals surface area contributed by atoms with E-state index in [4.69, 9.17) is 5.73 Å². The second-order valence-electron chi connectivity index (χ2n) is 4.77. The summed E-state index contributed by atoms with van der Waals surface area (Å²) in [6, 6.07) is 8.04. The molecule has 0 radical (unpaired) electrons. The number of piperazine rings is 1. The number of hydrogen-bond acceptors (Lipinski definition) is 5.